The standard InChI is InChI=1S/C6H11N3O3S/c1-7-13(11,12)6-4-8-9(5-6)2-3-10/h4-5,7,10H,2-3H2,1H3. The first kappa shape index (κ1) is 10.2. The van der Waals surface area contributed by atoms with Crippen LogP contribution in [0.1, 0.15) is 0 Å². The zero-order valence-corrected chi connectivity index (χ0v) is 7.95. The molecule has 0 fully saturated rings. The molecule has 0 aliphatic heterocycles. The summed E-state index contributed by atoms with van der Waals surface area (Å²) in [6, 6.07) is 0. The summed E-state index contributed by atoms with van der Waals surface area (Å²) < 4.78 is 25.9. The first-order valence-electron chi connectivity index (χ1n) is 3.67. The predicted molar refractivity (Wildman–Crippen MR) is 45.6 cm³/mol. The number of nitrogens with zero attached hydrogens (tertiary/aromatic N) is 2. The molecule has 2 N–H and O–H groups in total. The van der Waals surface area contributed by atoms with Gasteiger partial charge in [0.15, 0.2) is 0 Å². The van der Waals surface area contributed by atoms with E-state index in [9.17, 15) is 8.42 Å². The van der Waals surface area contributed by atoms with Crippen molar-refractivity contribution < 1.29 is 13.5 Å². The van der Waals surface area contributed by atoms with Crippen LogP contribution in [0.15, 0.2) is 17.3 Å². The van der Waals surface area contributed by atoms with Crippen LogP contribution in [-0.2, 0) is 16.6 Å². The summed E-state index contributed by atoms with van der Waals surface area (Å²) in [5, 5.41) is 12.3. The van der Waals surface area contributed by atoms with E-state index in [1.165, 1.54) is 24.1 Å². The van der Waals surface area contributed by atoms with Crippen LogP contribution in [0.25, 0.3) is 0 Å². The van der Waals surface area contributed by atoms with Crippen molar-refractivity contribution >= 4 is 10.0 Å². The summed E-state index contributed by atoms with van der Waals surface area (Å²) in [6.45, 7) is 0.222. The fourth-order valence-corrected chi connectivity index (χ4v) is 1.51. The van der Waals surface area contributed by atoms with Crippen molar-refractivity contribution in [2.24, 2.45) is 0 Å². The van der Waals surface area contributed by atoms with E-state index in [1.807, 2.05) is 0 Å². The van der Waals surface area contributed by atoms with Gasteiger partial charge in [-0.1, -0.05) is 0 Å². The molecule has 0 unspecified atom stereocenters. The molecule has 13 heavy (non-hydrogen) atoms. The monoisotopic (exact) mass is 205 g/mol. The molecule has 1 rings (SSSR count). The largest absolute Gasteiger partial charge is 0.394 e. The van der Waals surface area contributed by atoms with E-state index in [2.05, 4.69) is 9.82 Å². The van der Waals surface area contributed by atoms with E-state index in [0.29, 0.717) is 6.54 Å². The number of nitrogens with one attached hydrogen (secondary N) is 1. The molecule has 1 aromatic rings. The van der Waals surface area contributed by atoms with Gasteiger partial charge in [-0.3, -0.25) is 4.68 Å². The average Bonchev–Trinajstić information content (AvgIpc) is 2.54. The maximum absolute atomic E-state index is 11.2. The second kappa shape index (κ2) is 3.86. The molecule has 0 saturated heterocycles. The van der Waals surface area contributed by atoms with E-state index in [0.717, 1.165) is 0 Å². The highest BCUT2D eigenvalue weighted by Gasteiger charge is 2.13. The van der Waals surface area contributed by atoms with Gasteiger partial charge in [0, 0.05) is 6.20 Å². The summed E-state index contributed by atoms with van der Waals surface area (Å²) in [5.41, 5.74) is 0. The van der Waals surface area contributed by atoms with Crippen molar-refractivity contribution in [3.63, 3.8) is 0 Å². The molecule has 1 aromatic heterocycles. The predicted octanol–water partition coefficient (Wildman–Crippen LogP) is -1.22. The average molecular weight is 205 g/mol. The molecule has 0 amide bonds. The Morgan fingerprint density at radius 2 is 2.38 bits per heavy atom. The highest BCUT2D eigenvalue weighted by atomic mass is 32.2. The first-order valence-corrected chi connectivity index (χ1v) is 5.15. The molecule has 0 aliphatic carbocycles. The number of aromatic nitrogens is 2. The second-order valence-corrected chi connectivity index (χ2v) is 4.26. The molecule has 0 radical (unpaired) electrons. The summed E-state index contributed by atoms with van der Waals surface area (Å²) >= 11 is 0. The summed E-state index contributed by atoms with van der Waals surface area (Å²) in [6.07, 6.45) is 2.60. The Morgan fingerprint density at radius 3 is 2.92 bits per heavy atom. The zero-order valence-electron chi connectivity index (χ0n) is 7.14. The zero-order chi connectivity index (χ0) is 9.90. The molecule has 6 nitrogen and oxygen atoms in total. The lowest BCUT2D eigenvalue weighted by Crippen LogP contribution is -2.17. The number of hydrogen-bond donors (Lipinski definition) is 2. The quantitative estimate of drug-likeness (QED) is 0.645. The van der Waals surface area contributed by atoms with Crippen molar-refractivity contribution in [1.82, 2.24) is 14.5 Å². The van der Waals surface area contributed by atoms with Crippen LogP contribution in [-0.4, -0.2) is 37.0 Å². The number of aliphatic hydroxyl groups is 1. The molecule has 74 valence electrons. The normalized spacial score (nSPS) is 11.8. The summed E-state index contributed by atoms with van der Waals surface area (Å²) in [5.74, 6) is 0. The highest BCUT2D eigenvalue weighted by Crippen LogP contribution is 2.05. The Bertz CT molecular complexity index is 370. The fourth-order valence-electron chi connectivity index (χ4n) is 0.826. The van der Waals surface area contributed by atoms with Crippen LogP contribution in [0.2, 0.25) is 0 Å². The number of aliphatic hydroxyl groups excluding tert-OH is 1. The van der Waals surface area contributed by atoms with Gasteiger partial charge in [0.1, 0.15) is 4.90 Å². The van der Waals surface area contributed by atoms with Crippen LogP contribution in [0.5, 0.6) is 0 Å². The minimum atomic E-state index is -3.41. The van der Waals surface area contributed by atoms with Crippen LogP contribution in [0.4, 0.5) is 0 Å². The van der Waals surface area contributed by atoms with Gasteiger partial charge in [0.25, 0.3) is 0 Å². The third-order valence-corrected chi connectivity index (χ3v) is 2.89. The maximum atomic E-state index is 11.2. The number of rotatable bonds is 4. The Labute approximate surface area is 76.2 Å². The molecular formula is C6H11N3O3S. The van der Waals surface area contributed by atoms with Crippen LogP contribution in [0.3, 0.4) is 0 Å². The smallest absolute Gasteiger partial charge is 0.243 e. The lowest BCUT2D eigenvalue weighted by atomic mass is 10.7. The third kappa shape index (κ3) is 2.27. The van der Waals surface area contributed by atoms with Gasteiger partial charge in [-0.05, 0) is 7.05 Å². The molecular weight excluding hydrogens is 194 g/mol. The van der Waals surface area contributed by atoms with E-state index < -0.39 is 10.0 Å². The van der Waals surface area contributed by atoms with Gasteiger partial charge in [0.2, 0.25) is 10.0 Å². The van der Waals surface area contributed by atoms with E-state index in [-0.39, 0.29) is 11.5 Å². The highest BCUT2D eigenvalue weighted by molar-refractivity contribution is 7.89. The Hall–Kier alpha value is -0.920. The fraction of sp³-hybridized carbons (Fsp3) is 0.500. The lowest BCUT2D eigenvalue weighted by molar-refractivity contribution is 0.269. The lowest BCUT2D eigenvalue weighted by Gasteiger charge is -1.96. The van der Waals surface area contributed by atoms with Gasteiger partial charge < -0.3 is 5.11 Å². The van der Waals surface area contributed by atoms with E-state index in [4.69, 9.17) is 5.11 Å². The van der Waals surface area contributed by atoms with Crippen LogP contribution in [0, 0.1) is 0 Å². The topological polar surface area (TPSA) is 84.2 Å². The minimum Gasteiger partial charge on any atom is -0.394 e. The second-order valence-electron chi connectivity index (χ2n) is 2.37. The molecule has 0 saturated carbocycles. The Balaban J connectivity index is 2.92. The van der Waals surface area contributed by atoms with Crippen molar-refractivity contribution in [2.75, 3.05) is 13.7 Å². The van der Waals surface area contributed by atoms with Gasteiger partial charge >= 0.3 is 0 Å². The SMILES string of the molecule is CNS(=O)(=O)c1cnn(CCO)c1. The Kier molecular flexibility index (Phi) is 3.02. The molecule has 0 aromatic carbocycles. The molecule has 0 atom stereocenters. The Morgan fingerprint density at radius 1 is 1.69 bits per heavy atom. The number of sulfonamides is 1. The van der Waals surface area contributed by atoms with Gasteiger partial charge in [-0.15, -0.1) is 0 Å². The van der Waals surface area contributed by atoms with Crippen molar-refractivity contribution in [3.8, 4) is 0 Å². The summed E-state index contributed by atoms with van der Waals surface area (Å²) in [4.78, 5) is 0.100. The van der Waals surface area contributed by atoms with Gasteiger partial charge in [-0.2, -0.15) is 5.10 Å². The minimum absolute atomic E-state index is 0.0687. The molecule has 0 spiro atoms. The van der Waals surface area contributed by atoms with Gasteiger partial charge in [-0.25, -0.2) is 13.1 Å². The molecule has 0 aliphatic rings. The molecule has 1 heterocycles. The van der Waals surface area contributed by atoms with Crippen molar-refractivity contribution in [2.45, 2.75) is 11.4 Å². The van der Waals surface area contributed by atoms with Crippen LogP contribution < -0.4 is 4.72 Å². The van der Waals surface area contributed by atoms with Crippen molar-refractivity contribution in [1.29, 1.82) is 0 Å². The van der Waals surface area contributed by atoms with E-state index in [1.54, 1.807) is 0 Å². The van der Waals surface area contributed by atoms with Crippen LogP contribution >= 0.6 is 0 Å². The third-order valence-electron chi connectivity index (χ3n) is 1.52. The number of hydrogen-bond acceptors (Lipinski definition) is 4. The molecule has 7 heteroatoms. The van der Waals surface area contributed by atoms with E-state index >= 15 is 0 Å². The van der Waals surface area contributed by atoms with Gasteiger partial charge in [0.05, 0.1) is 19.3 Å². The first-order chi connectivity index (χ1) is 6.10. The maximum Gasteiger partial charge on any atom is 0.243 e. The summed E-state index contributed by atoms with van der Waals surface area (Å²) in [7, 11) is -2.08. The molecule has 0 bridgehead atoms. The van der Waals surface area contributed by atoms with Crippen molar-refractivity contribution in [3.05, 3.63) is 12.4 Å².